The second-order valence-electron chi connectivity index (χ2n) is 7.51. The highest BCUT2D eigenvalue weighted by Crippen LogP contribution is 2.35. The molecular weight excluding hydrogens is 294 g/mol. The molecule has 1 nitrogen and oxygen atoms in total. The molecule has 2 unspecified atom stereocenters. The van der Waals surface area contributed by atoms with Gasteiger partial charge >= 0.3 is 0 Å². The third kappa shape index (κ3) is 4.57. The summed E-state index contributed by atoms with van der Waals surface area (Å²) >= 11 is 0. The Kier molecular flexibility index (Phi) is 6.67. The highest BCUT2D eigenvalue weighted by Gasteiger charge is 2.26. The van der Waals surface area contributed by atoms with Crippen LogP contribution >= 0.6 is 0 Å². The maximum absolute atomic E-state index is 3.83. The van der Waals surface area contributed by atoms with Gasteiger partial charge in [-0.15, -0.1) is 0 Å². The minimum absolute atomic E-state index is 0.281. The fourth-order valence-electron chi connectivity index (χ4n) is 3.77. The van der Waals surface area contributed by atoms with E-state index in [0.29, 0.717) is 6.04 Å². The Hall–Kier alpha value is -0.863. The summed E-state index contributed by atoms with van der Waals surface area (Å²) in [6.45, 7) is 15.1. The van der Waals surface area contributed by atoms with Crippen molar-refractivity contribution < 1.29 is 0 Å². The molecule has 2 rings (SSSR count). The van der Waals surface area contributed by atoms with Crippen molar-refractivity contribution in [2.45, 2.75) is 78.1 Å². The predicted octanol–water partition coefficient (Wildman–Crippen LogP) is 5.89. The zero-order valence-corrected chi connectivity index (χ0v) is 16.9. The number of nitrogens with one attached hydrogen (secondary N) is 1. The third-order valence-corrected chi connectivity index (χ3v) is 7.29. The van der Waals surface area contributed by atoms with Crippen molar-refractivity contribution in [3.63, 3.8) is 0 Å². The minimum Gasteiger partial charge on any atom is -0.306 e. The van der Waals surface area contributed by atoms with Gasteiger partial charge < -0.3 is 5.32 Å². The molecule has 2 atom stereocenters. The maximum Gasteiger partial charge on any atom is 0.0511 e. The lowest BCUT2D eigenvalue weighted by Crippen LogP contribution is -2.35. The van der Waals surface area contributed by atoms with Crippen molar-refractivity contribution in [2.24, 2.45) is 0 Å². The van der Waals surface area contributed by atoms with Gasteiger partial charge in [0, 0.05) is 0 Å². The van der Waals surface area contributed by atoms with Crippen LogP contribution in [0, 0.1) is 20.8 Å². The van der Waals surface area contributed by atoms with Gasteiger partial charge in [-0.2, -0.15) is 0 Å². The van der Waals surface area contributed by atoms with Crippen LogP contribution in [0.4, 0.5) is 0 Å². The first-order valence-electron chi connectivity index (χ1n) is 9.25. The second kappa shape index (κ2) is 8.30. The van der Waals surface area contributed by atoms with Crippen molar-refractivity contribution in [3.8, 4) is 0 Å². The summed E-state index contributed by atoms with van der Waals surface area (Å²) in [6, 6.07) is 5.09. The highest BCUT2D eigenvalue weighted by atomic mass is 28.3. The van der Waals surface area contributed by atoms with Crippen LogP contribution < -0.4 is 5.32 Å². The van der Waals surface area contributed by atoms with Crippen LogP contribution in [0.25, 0.3) is 0 Å². The Morgan fingerprint density at radius 1 is 1.13 bits per heavy atom. The van der Waals surface area contributed by atoms with Crippen molar-refractivity contribution >= 4 is 8.80 Å². The summed E-state index contributed by atoms with van der Waals surface area (Å²) in [7, 11) is -0.281. The largest absolute Gasteiger partial charge is 0.306 e. The van der Waals surface area contributed by atoms with Crippen molar-refractivity contribution in [2.75, 3.05) is 6.54 Å². The molecule has 1 aliphatic rings. The Bertz CT molecular complexity index is 559. The molecule has 0 fully saturated rings. The lowest BCUT2D eigenvalue weighted by molar-refractivity contribution is 0.558. The first-order chi connectivity index (χ1) is 10.9. The molecule has 1 N–H and O–H groups in total. The van der Waals surface area contributed by atoms with Crippen LogP contribution in [0.2, 0.25) is 18.6 Å². The Balaban J connectivity index is 2.29. The van der Waals surface area contributed by atoms with E-state index in [1.54, 1.807) is 5.57 Å². The summed E-state index contributed by atoms with van der Waals surface area (Å²) in [6.07, 6.45) is 7.90. The zero-order chi connectivity index (χ0) is 17.0. The predicted molar refractivity (Wildman–Crippen MR) is 105 cm³/mol. The Labute approximate surface area is 145 Å². The van der Waals surface area contributed by atoms with E-state index in [2.05, 4.69) is 64.3 Å². The van der Waals surface area contributed by atoms with Crippen molar-refractivity contribution in [3.05, 3.63) is 46.0 Å². The lowest BCUT2D eigenvalue weighted by atomic mass is 9.90. The summed E-state index contributed by atoms with van der Waals surface area (Å²) in [5, 5.41) is 3.83. The van der Waals surface area contributed by atoms with E-state index in [9.17, 15) is 0 Å². The van der Waals surface area contributed by atoms with Gasteiger partial charge in [0.2, 0.25) is 0 Å². The first-order valence-corrected chi connectivity index (χ1v) is 11.8. The van der Waals surface area contributed by atoms with Crippen molar-refractivity contribution in [1.29, 1.82) is 0 Å². The molecule has 1 aromatic carbocycles. The van der Waals surface area contributed by atoms with E-state index in [1.165, 1.54) is 47.9 Å². The van der Waals surface area contributed by atoms with E-state index in [1.807, 2.05) is 0 Å². The molecule has 127 valence electrons. The number of hydrogen-bond acceptors (Lipinski definition) is 1. The maximum atomic E-state index is 3.83. The van der Waals surface area contributed by atoms with Crippen LogP contribution in [-0.2, 0) is 0 Å². The first kappa shape index (κ1) is 18.5. The smallest absolute Gasteiger partial charge is 0.0511 e. The molecule has 1 aliphatic heterocycles. The standard InChI is InChI=1S/C21H34NSi/c1-7-8-9-10-18-13-20(22-14-21(18)23(5)6)19-12-15(2)11-16(3)17(19)4/h11-13,20-22H,7-10,14H2,1-6H3. The molecule has 0 spiro atoms. The summed E-state index contributed by atoms with van der Waals surface area (Å²) in [5.41, 5.74) is 8.27. The van der Waals surface area contributed by atoms with E-state index in [4.69, 9.17) is 0 Å². The Morgan fingerprint density at radius 2 is 1.87 bits per heavy atom. The highest BCUT2D eigenvalue weighted by molar-refractivity contribution is 6.58. The fourth-order valence-corrected chi connectivity index (χ4v) is 5.28. The molecule has 2 heteroatoms. The van der Waals surface area contributed by atoms with E-state index >= 15 is 0 Å². The molecule has 0 aromatic heterocycles. The molecule has 1 radical (unpaired) electrons. The van der Waals surface area contributed by atoms with Crippen LogP contribution in [0.5, 0.6) is 0 Å². The van der Waals surface area contributed by atoms with Gasteiger partial charge in [0.15, 0.2) is 0 Å². The molecule has 1 heterocycles. The van der Waals surface area contributed by atoms with Gasteiger partial charge in [0.1, 0.15) is 0 Å². The number of rotatable bonds is 6. The quantitative estimate of drug-likeness (QED) is 0.390. The minimum atomic E-state index is -0.281. The van der Waals surface area contributed by atoms with Crippen LogP contribution in [0.15, 0.2) is 23.8 Å². The molecule has 0 saturated heterocycles. The Morgan fingerprint density at radius 3 is 2.52 bits per heavy atom. The molecule has 0 bridgehead atoms. The van der Waals surface area contributed by atoms with Crippen LogP contribution in [0.1, 0.15) is 60.9 Å². The van der Waals surface area contributed by atoms with Crippen molar-refractivity contribution in [1.82, 2.24) is 5.32 Å². The third-order valence-electron chi connectivity index (χ3n) is 5.32. The number of benzene rings is 1. The monoisotopic (exact) mass is 328 g/mol. The SMILES string of the molecule is CCCCCC1=CC(c2cc(C)cc(C)c2C)NCC1[Si](C)C. The average Bonchev–Trinajstić information content (AvgIpc) is 2.50. The number of unbranched alkanes of at least 4 members (excludes halogenated alkanes) is 2. The second-order valence-corrected chi connectivity index (χ2v) is 10.4. The van der Waals surface area contributed by atoms with Gasteiger partial charge in [-0.1, -0.05) is 62.2 Å². The normalized spacial score (nSPS) is 21.6. The van der Waals surface area contributed by atoms with Gasteiger partial charge in [-0.05, 0) is 62.4 Å². The lowest BCUT2D eigenvalue weighted by Gasteiger charge is -2.33. The fraction of sp³-hybridized carbons (Fsp3) is 0.619. The molecule has 0 saturated carbocycles. The van der Waals surface area contributed by atoms with E-state index in [0.717, 1.165) is 12.1 Å². The molecular formula is C21H34NSi. The summed E-state index contributed by atoms with van der Waals surface area (Å²) in [5.74, 6) is 0. The summed E-state index contributed by atoms with van der Waals surface area (Å²) in [4.78, 5) is 0. The average molecular weight is 329 g/mol. The number of aryl methyl sites for hydroxylation is 2. The molecule has 0 amide bonds. The van der Waals surface area contributed by atoms with E-state index < -0.39 is 0 Å². The van der Waals surface area contributed by atoms with E-state index in [-0.39, 0.29) is 8.80 Å². The number of hydrogen-bond donors (Lipinski definition) is 1. The summed E-state index contributed by atoms with van der Waals surface area (Å²) < 4.78 is 0. The van der Waals surface area contributed by atoms with Gasteiger partial charge in [0.25, 0.3) is 0 Å². The molecule has 23 heavy (non-hydrogen) atoms. The van der Waals surface area contributed by atoms with Gasteiger partial charge in [0.05, 0.1) is 14.8 Å². The molecule has 0 aliphatic carbocycles. The van der Waals surface area contributed by atoms with Gasteiger partial charge in [-0.25, -0.2) is 0 Å². The van der Waals surface area contributed by atoms with Gasteiger partial charge in [-0.3, -0.25) is 0 Å². The topological polar surface area (TPSA) is 12.0 Å². The molecule has 1 aromatic rings. The zero-order valence-electron chi connectivity index (χ0n) is 15.9. The van der Waals surface area contributed by atoms with Crippen LogP contribution in [0.3, 0.4) is 0 Å². The van der Waals surface area contributed by atoms with Crippen LogP contribution in [-0.4, -0.2) is 15.3 Å².